The van der Waals surface area contributed by atoms with Crippen molar-refractivity contribution in [3.63, 3.8) is 0 Å². The zero-order valence-corrected chi connectivity index (χ0v) is 20.1. The molecule has 1 saturated heterocycles. The van der Waals surface area contributed by atoms with Gasteiger partial charge in [0.1, 0.15) is 17.7 Å². The quantitative estimate of drug-likeness (QED) is 0.441. The van der Waals surface area contributed by atoms with Gasteiger partial charge in [-0.3, -0.25) is 14.7 Å². The summed E-state index contributed by atoms with van der Waals surface area (Å²) in [4.78, 5) is 29.1. The van der Waals surface area contributed by atoms with Gasteiger partial charge in [-0.25, -0.2) is 22.2 Å². The molecule has 2 amide bonds. The minimum absolute atomic E-state index is 0.0443. The van der Waals surface area contributed by atoms with Gasteiger partial charge in [-0.05, 0) is 37.1 Å². The van der Waals surface area contributed by atoms with Gasteiger partial charge < -0.3 is 15.4 Å². The number of ether oxygens (including phenoxy) is 1. The van der Waals surface area contributed by atoms with E-state index in [1.165, 1.54) is 12.3 Å². The number of carbonyl (C=O) groups is 2. The Bertz CT molecular complexity index is 1450. The van der Waals surface area contributed by atoms with Crippen LogP contribution in [0.5, 0.6) is 0 Å². The molecule has 0 spiro atoms. The lowest BCUT2D eigenvalue weighted by molar-refractivity contribution is -0.124. The topological polar surface area (TPSA) is 146 Å². The normalized spacial score (nSPS) is 17.8. The fourth-order valence-electron chi connectivity index (χ4n) is 4.26. The van der Waals surface area contributed by atoms with Crippen LogP contribution in [0.15, 0.2) is 41.4 Å². The molecule has 3 aromatic rings. The Kier molecular flexibility index (Phi) is 6.70. The van der Waals surface area contributed by atoms with Gasteiger partial charge in [0.2, 0.25) is 10.0 Å². The van der Waals surface area contributed by atoms with Gasteiger partial charge in [0.15, 0.2) is 11.5 Å². The first kappa shape index (κ1) is 24.9. The second-order valence-corrected chi connectivity index (χ2v) is 10.5. The maximum atomic E-state index is 13.7. The maximum Gasteiger partial charge on any atom is 0.277 e. The minimum atomic E-state index is -4.23. The smallest absolute Gasteiger partial charge is 0.277 e. The van der Waals surface area contributed by atoms with E-state index in [-0.39, 0.29) is 42.6 Å². The highest BCUT2D eigenvalue weighted by atomic mass is 32.2. The van der Waals surface area contributed by atoms with Crippen molar-refractivity contribution in [2.45, 2.75) is 36.8 Å². The molecule has 3 N–H and O–H groups in total. The van der Waals surface area contributed by atoms with Crippen LogP contribution in [-0.4, -0.2) is 59.0 Å². The first-order chi connectivity index (χ1) is 17.7. The van der Waals surface area contributed by atoms with Crippen molar-refractivity contribution in [3.05, 3.63) is 65.1 Å². The molecule has 2 aliphatic heterocycles. The number of rotatable bonds is 6. The van der Waals surface area contributed by atoms with Crippen molar-refractivity contribution in [2.24, 2.45) is 0 Å². The van der Waals surface area contributed by atoms with Crippen molar-refractivity contribution in [1.82, 2.24) is 19.5 Å². The van der Waals surface area contributed by atoms with Crippen LogP contribution in [0.1, 0.15) is 34.6 Å². The Morgan fingerprint density at radius 1 is 1.16 bits per heavy atom. The van der Waals surface area contributed by atoms with Crippen molar-refractivity contribution in [1.29, 1.82) is 0 Å². The third-order valence-corrected chi connectivity index (χ3v) is 7.93. The lowest BCUT2D eigenvalue weighted by Gasteiger charge is -2.26. The number of pyridine rings is 1. The molecule has 0 bridgehead atoms. The molecule has 0 aliphatic carbocycles. The van der Waals surface area contributed by atoms with E-state index in [4.69, 9.17) is 4.74 Å². The number of sulfonamides is 1. The summed E-state index contributed by atoms with van der Waals surface area (Å²) in [6, 6.07) is 5.18. The molecule has 194 valence electrons. The Balaban J connectivity index is 1.35. The van der Waals surface area contributed by atoms with Gasteiger partial charge in [-0.2, -0.15) is 9.40 Å². The molecule has 4 heterocycles. The Morgan fingerprint density at radius 2 is 1.95 bits per heavy atom. The summed E-state index contributed by atoms with van der Waals surface area (Å²) >= 11 is 0. The molecule has 2 aliphatic rings. The fraction of sp³-hybridized carbons (Fsp3) is 0.304. The molecule has 14 heteroatoms. The first-order valence-electron chi connectivity index (χ1n) is 11.4. The van der Waals surface area contributed by atoms with E-state index in [1.54, 1.807) is 6.07 Å². The summed E-state index contributed by atoms with van der Waals surface area (Å²) in [6.07, 6.45) is 2.37. The number of amides is 2. The maximum absolute atomic E-state index is 13.7. The van der Waals surface area contributed by atoms with E-state index in [1.807, 2.05) is 0 Å². The molecule has 0 radical (unpaired) electrons. The van der Waals surface area contributed by atoms with Crippen LogP contribution in [-0.2, 0) is 32.5 Å². The number of hydrogen-bond donors (Lipinski definition) is 3. The van der Waals surface area contributed by atoms with Crippen molar-refractivity contribution in [2.75, 3.05) is 23.8 Å². The number of fused-ring (bicyclic) bond motifs is 1. The highest BCUT2D eigenvalue weighted by Crippen LogP contribution is 2.29. The number of benzene rings is 1. The number of nitrogens with one attached hydrogen (secondary N) is 3. The average Bonchev–Trinajstić information content (AvgIpc) is 3.54. The molecule has 1 fully saturated rings. The summed E-state index contributed by atoms with van der Waals surface area (Å²) in [7, 11) is -4.23. The summed E-state index contributed by atoms with van der Waals surface area (Å²) in [6.45, 7) is 0.346. The lowest BCUT2D eigenvalue weighted by Crippen LogP contribution is -2.36. The highest BCUT2D eigenvalue weighted by Gasteiger charge is 2.32. The third kappa shape index (κ3) is 5.08. The molecular formula is C23H22F2N6O5S. The van der Waals surface area contributed by atoms with E-state index >= 15 is 0 Å². The number of aromatic amines is 1. The molecule has 11 nitrogen and oxygen atoms in total. The lowest BCUT2D eigenvalue weighted by atomic mass is 10.1. The van der Waals surface area contributed by atoms with E-state index in [0.29, 0.717) is 30.4 Å². The van der Waals surface area contributed by atoms with Crippen LogP contribution >= 0.6 is 0 Å². The minimum Gasteiger partial charge on any atom is -0.368 e. The zero-order chi connectivity index (χ0) is 26.2. The molecule has 5 rings (SSSR count). The van der Waals surface area contributed by atoms with Crippen molar-refractivity contribution in [3.8, 4) is 0 Å². The van der Waals surface area contributed by atoms with E-state index in [0.717, 1.165) is 22.9 Å². The summed E-state index contributed by atoms with van der Waals surface area (Å²) in [5.41, 5.74) is 1.13. The molecular weight excluding hydrogens is 510 g/mol. The van der Waals surface area contributed by atoms with E-state index in [2.05, 4.69) is 25.8 Å². The summed E-state index contributed by atoms with van der Waals surface area (Å²) in [5.74, 6) is -3.00. The molecule has 1 aromatic carbocycles. The van der Waals surface area contributed by atoms with Crippen LogP contribution in [0, 0.1) is 11.6 Å². The van der Waals surface area contributed by atoms with Crippen LogP contribution in [0.2, 0.25) is 0 Å². The number of carbonyl (C=O) groups excluding carboxylic acids is 2. The summed E-state index contributed by atoms with van der Waals surface area (Å²) in [5, 5.41) is 12.2. The van der Waals surface area contributed by atoms with E-state index < -0.39 is 38.6 Å². The van der Waals surface area contributed by atoms with Gasteiger partial charge >= 0.3 is 0 Å². The van der Waals surface area contributed by atoms with Gasteiger partial charge in [0.25, 0.3) is 11.8 Å². The highest BCUT2D eigenvalue weighted by molar-refractivity contribution is 7.89. The van der Waals surface area contributed by atoms with Gasteiger partial charge in [-0.1, -0.05) is 0 Å². The van der Waals surface area contributed by atoms with Crippen LogP contribution in [0.25, 0.3) is 0 Å². The predicted molar refractivity (Wildman–Crippen MR) is 126 cm³/mol. The Morgan fingerprint density at radius 3 is 2.68 bits per heavy atom. The molecule has 37 heavy (non-hydrogen) atoms. The van der Waals surface area contributed by atoms with Gasteiger partial charge in [0, 0.05) is 49.6 Å². The van der Waals surface area contributed by atoms with Crippen molar-refractivity contribution >= 4 is 33.3 Å². The standard InChI is InChI=1S/C23H22F2N6O5S/c24-13-9-14(25)11-15(10-13)37(34,35)31-7-5-17-16(12-31)21(30-29-17)28-23(33)20-18(3-1-6-26-20)27-22(32)19-4-2-8-36-19/h1,3,6,9-11,19H,2,4-5,7-8,12H2,(H,27,32)(H2,28,29,30,33)/t19-/m1/s1. The number of hydrogen-bond acceptors (Lipinski definition) is 7. The van der Waals surface area contributed by atoms with Crippen LogP contribution < -0.4 is 10.6 Å². The molecule has 1 atom stereocenters. The van der Waals surface area contributed by atoms with Gasteiger partial charge in [-0.15, -0.1) is 0 Å². The largest absolute Gasteiger partial charge is 0.368 e. The molecule has 2 aromatic heterocycles. The third-order valence-electron chi connectivity index (χ3n) is 6.11. The van der Waals surface area contributed by atoms with Crippen molar-refractivity contribution < 1.29 is 31.5 Å². The zero-order valence-electron chi connectivity index (χ0n) is 19.3. The number of anilines is 2. The SMILES string of the molecule is O=C(Nc1n[nH]c2c1CN(S(=O)(=O)c1cc(F)cc(F)c1)CC2)c1ncccc1NC(=O)[C@H]1CCCO1. The number of halogens is 2. The number of aromatic nitrogens is 3. The molecule has 0 saturated carbocycles. The van der Waals surface area contributed by atoms with Gasteiger partial charge in [0.05, 0.1) is 10.6 Å². The van der Waals surface area contributed by atoms with E-state index in [9.17, 15) is 26.8 Å². The Hall–Kier alpha value is -3.75. The first-order valence-corrected chi connectivity index (χ1v) is 12.9. The predicted octanol–water partition coefficient (Wildman–Crippen LogP) is 2.20. The second-order valence-electron chi connectivity index (χ2n) is 8.57. The molecule has 0 unspecified atom stereocenters. The number of H-pyrrole nitrogens is 1. The van der Waals surface area contributed by atoms with Crippen LogP contribution in [0.4, 0.5) is 20.3 Å². The second kappa shape index (κ2) is 9.95. The summed E-state index contributed by atoms with van der Waals surface area (Å²) < 4.78 is 59.8. The monoisotopic (exact) mass is 532 g/mol. The Labute approximate surface area is 210 Å². The number of nitrogens with zero attached hydrogens (tertiary/aromatic N) is 3. The van der Waals surface area contributed by atoms with Crippen LogP contribution in [0.3, 0.4) is 0 Å². The average molecular weight is 533 g/mol. The fourth-order valence-corrected chi connectivity index (χ4v) is 5.71.